The number of benzene rings is 1. The Morgan fingerprint density at radius 1 is 1.17 bits per heavy atom. The first-order valence-electron chi connectivity index (χ1n) is 5.59. The Labute approximate surface area is 132 Å². The number of ether oxygens (including phenoxy) is 1. The molecule has 0 aliphatic rings. The monoisotopic (exact) mass is 372 g/mol. The van der Waals surface area contributed by atoms with Crippen LogP contribution in [0, 0.1) is 11.3 Å². The maximum Gasteiger partial charge on any atom is 0.156 e. The van der Waals surface area contributed by atoms with Crippen molar-refractivity contribution in [2.24, 2.45) is 11.3 Å². The first kappa shape index (κ1) is 16.4. The predicted octanol–water partition coefficient (Wildman–Crippen LogP) is 6.08. The van der Waals surface area contributed by atoms with E-state index in [-0.39, 0.29) is 5.41 Å². The van der Waals surface area contributed by atoms with Crippen molar-refractivity contribution in [1.82, 2.24) is 0 Å². The highest BCUT2D eigenvalue weighted by Gasteiger charge is 2.25. The molecular weight excluding hydrogens is 358 g/mol. The summed E-state index contributed by atoms with van der Waals surface area (Å²) in [5.74, 6) is 0.859. The third-order valence-electron chi connectivity index (χ3n) is 2.80. The van der Waals surface area contributed by atoms with Crippen LogP contribution < -0.4 is 4.74 Å². The second-order valence-corrected chi connectivity index (χ2v) is 7.13. The molecule has 0 fully saturated rings. The van der Waals surface area contributed by atoms with Crippen molar-refractivity contribution >= 4 is 50.7 Å². The van der Waals surface area contributed by atoms with E-state index >= 15 is 0 Å². The highest BCUT2D eigenvalue weighted by Crippen LogP contribution is 2.37. The molecule has 5 heteroatoms. The van der Waals surface area contributed by atoms with Crippen LogP contribution >= 0.6 is 50.7 Å². The summed E-state index contributed by atoms with van der Waals surface area (Å²) in [5.41, 5.74) is 0.148. The standard InChI is InChI=1S/C13H16BrCl3O/c1-13(2,3)8(6-14)7-18-12-10(16)4-9(15)5-11(12)17/h4-5,8H,6-7H2,1-3H3. The Morgan fingerprint density at radius 2 is 1.67 bits per heavy atom. The van der Waals surface area contributed by atoms with Gasteiger partial charge in [-0.25, -0.2) is 0 Å². The lowest BCUT2D eigenvalue weighted by molar-refractivity contribution is 0.166. The van der Waals surface area contributed by atoms with Gasteiger partial charge >= 0.3 is 0 Å². The second kappa shape index (κ2) is 6.69. The van der Waals surface area contributed by atoms with E-state index in [0.717, 1.165) is 5.33 Å². The van der Waals surface area contributed by atoms with E-state index in [9.17, 15) is 0 Å². The molecule has 0 saturated heterocycles. The van der Waals surface area contributed by atoms with E-state index in [1.165, 1.54) is 0 Å². The normalized spacial score (nSPS) is 13.5. The maximum atomic E-state index is 6.07. The molecule has 1 rings (SSSR count). The molecule has 0 radical (unpaired) electrons. The molecule has 0 amide bonds. The van der Waals surface area contributed by atoms with E-state index < -0.39 is 0 Å². The van der Waals surface area contributed by atoms with Crippen LogP contribution in [0.2, 0.25) is 15.1 Å². The van der Waals surface area contributed by atoms with Gasteiger partial charge in [0.1, 0.15) is 0 Å². The maximum absolute atomic E-state index is 6.07. The summed E-state index contributed by atoms with van der Waals surface area (Å²) in [5, 5.41) is 2.24. The molecule has 0 bridgehead atoms. The molecule has 0 aliphatic carbocycles. The third kappa shape index (κ3) is 4.48. The van der Waals surface area contributed by atoms with Crippen LogP contribution in [-0.2, 0) is 0 Å². The van der Waals surface area contributed by atoms with Gasteiger partial charge in [-0.05, 0) is 17.5 Å². The smallest absolute Gasteiger partial charge is 0.156 e. The van der Waals surface area contributed by atoms with Crippen LogP contribution in [0.3, 0.4) is 0 Å². The second-order valence-electron chi connectivity index (χ2n) is 5.23. The fourth-order valence-corrected chi connectivity index (χ4v) is 3.46. The Kier molecular flexibility index (Phi) is 6.11. The minimum absolute atomic E-state index is 0.148. The molecule has 1 unspecified atom stereocenters. The predicted molar refractivity (Wildman–Crippen MR) is 83.7 cm³/mol. The fourth-order valence-electron chi connectivity index (χ4n) is 1.38. The molecule has 0 spiro atoms. The minimum atomic E-state index is 0.148. The summed E-state index contributed by atoms with van der Waals surface area (Å²) in [6.45, 7) is 7.07. The van der Waals surface area contributed by atoms with E-state index in [1.807, 2.05) is 0 Å². The van der Waals surface area contributed by atoms with Crippen LogP contribution in [0.25, 0.3) is 0 Å². The van der Waals surface area contributed by atoms with Gasteiger partial charge in [-0.2, -0.15) is 0 Å². The van der Waals surface area contributed by atoms with Crippen LogP contribution in [0.1, 0.15) is 20.8 Å². The van der Waals surface area contributed by atoms with Gasteiger partial charge in [0, 0.05) is 16.3 Å². The van der Waals surface area contributed by atoms with Gasteiger partial charge < -0.3 is 4.74 Å². The lowest BCUT2D eigenvalue weighted by Gasteiger charge is -2.29. The van der Waals surface area contributed by atoms with Gasteiger partial charge in [0.2, 0.25) is 0 Å². The van der Waals surface area contributed by atoms with E-state index in [1.54, 1.807) is 12.1 Å². The molecule has 0 N–H and O–H groups in total. The quantitative estimate of drug-likeness (QED) is 0.580. The Bertz CT molecular complexity index is 392. The average molecular weight is 375 g/mol. The molecule has 0 aliphatic heterocycles. The molecular formula is C13H16BrCl3O. The van der Waals surface area contributed by atoms with Crippen molar-refractivity contribution in [1.29, 1.82) is 0 Å². The van der Waals surface area contributed by atoms with Crippen molar-refractivity contribution < 1.29 is 4.74 Å². The fraction of sp³-hybridized carbons (Fsp3) is 0.538. The van der Waals surface area contributed by atoms with Crippen molar-refractivity contribution in [3.8, 4) is 5.75 Å². The van der Waals surface area contributed by atoms with Crippen LogP contribution in [-0.4, -0.2) is 11.9 Å². The number of rotatable bonds is 4. The minimum Gasteiger partial charge on any atom is -0.490 e. The summed E-state index contributed by atoms with van der Waals surface area (Å²) in [6.07, 6.45) is 0. The van der Waals surface area contributed by atoms with Gasteiger partial charge in [0.05, 0.1) is 16.7 Å². The molecule has 0 saturated carbocycles. The zero-order valence-corrected chi connectivity index (χ0v) is 14.4. The topological polar surface area (TPSA) is 9.23 Å². The van der Waals surface area contributed by atoms with Crippen LogP contribution in [0.4, 0.5) is 0 Å². The summed E-state index contributed by atoms with van der Waals surface area (Å²) in [4.78, 5) is 0. The average Bonchev–Trinajstić information content (AvgIpc) is 2.19. The Hall–Kier alpha value is 0.370. The number of hydrogen-bond acceptors (Lipinski definition) is 1. The van der Waals surface area contributed by atoms with Crippen molar-refractivity contribution in [3.63, 3.8) is 0 Å². The highest BCUT2D eigenvalue weighted by atomic mass is 79.9. The first-order chi connectivity index (χ1) is 8.25. The Balaban J connectivity index is 2.80. The summed E-state index contributed by atoms with van der Waals surface area (Å²) < 4.78 is 5.75. The van der Waals surface area contributed by atoms with Gasteiger partial charge in [0.15, 0.2) is 5.75 Å². The molecule has 0 aromatic heterocycles. The zero-order chi connectivity index (χ0) is 13.9. The Morgan fingerprint density at radius 3 is 2.06 bits per heavy atom. The highest BCUT2D eigenvalue weighted by molar-refractivity contribution is 9.09. The van der Waals surface area contributed by atoms with Gasteiger partial charge in [0.25, 0.3) is 0 Å². The summed E-state index contributed by atoms with van der Waals surface area (Å²) in [6, 6.07) is 3.26. The van der Waals surface area contributed by atoms with Crippen molar-refractivity contribution in [3.05, 3.63) is 27.2 Å². The molecule has 102 valence electrons. The molecule has 1 atom stereocenters. The van der Waals surface area contributed by atoms with E-state index in [2.05, 4.69) is 36.7 Å². The van der Waals surface area contributed by atoms with E-state index in [4.69, 9.17) is 39.5 Å². The number of hydrogen-bond donors (Lipinski definition) is 0. The lowest BCUT2D eigenvalue weighted by Crippen LogP contribution is -2.28. The summed E-state index contributed by atoms with van der Waals surface area (Å²) in [7, 11) is 0. The lowest BCUT2D eigenvalue weighted by atomic mass is 9.83. The molecule has 0 heterocycles. The van der Waals surface area contributed by atoms with E-state index in [0.29, 0.717) is 33.3 Å². The molecule has 1 aromatic carbocycles. The third-order valence-corrected chi connectivity index (χ3v) is 4.36. The van der Waals surface area contributed by atoms with Gasteiger partial charge in [-0.1, -0.05) is 71.5 Å². The summed E-state index contributed by atoms with van der Waals surface area (Å²) >= 11 is 21.5. The number of alkyl halides is 1. The van der Waals surface area contributed by atoms with Crippen LogP contribution in [0.5, 0.6) is 5.75 Å². The molecule has 1 aromatic rings. The molecule has 1 nitrogen and oxygen atoms in total. The van der Waals surface area contributed by atoms with Crippen molar-refractivity contribution in [2.45, 2.75) is 20.8 Å². The first-order valence-corrected chi connectivity index (χ1v) is 7.84. The molecule has 18 heavy (non-hydrogen) atoms. The van der Waals surface area contributed by atoms with Crippen LogP contribution in [0.15, 0.2) is 12.1 Å². The SMILES string of the molecule is CC(C)(C)C(CBr)COc1c(Cl)cc(Cl)cc1Cl. The number of halogens is 4. The largest absolute Gasteiger partial charge is 0.490 e. The van der Waals surface area contributed by atoms with Crippen molar-refractivity contribution in [2.75, 3.05) is 11.9 Å². The zero-order valence-electron chi connectivity index (χ0n) is 10.6. The van der Waals surface area contributed by atoms with Gasteiger partial charge in [-0.3, -0.25) is 0 Å². The van der Waals surface area contributed by atoms with Gasteiger partial charge in [-0.15, -0.1) is 0 Å².